The Morgan fingerprint density at radius 3 is 1.26 bits per heavy atom. The third kappa shape index (κ3) is 4.25. The molecule has 34 heavy (non-hydrogen) atoms. The minimum atomic E-state index is -1.61. The van der Waals surface area contributed by atoms with Crippen molar-refractivity contribution in [3.8, 4) is 22.3 Å². The summed E-state index contributed by atoms with van der Waals surface area (Å²) in [6.07, 6.45) is 0. The molecule has 0 saturated heterocycles. The molecule has 0 bridgehead atoms. The molecule has 0 spiro atoms. The largest absolute Gasteiger partial charge is 0.490 e. The first-order valence-electron chi connectivity index (χ1n) is 11.3. The van der Waals surface area contributed by atoms with Gasteiger partial charge in [0.25, 0.3) is 0 Å². The quantitative estimate of drug-likeness (QED) is 0.310. The van der Waals surface area contributed by atoms with Gasteiger partial charge in [0.2, 0.25) is 0 Å². The molecule has 2 N–H and O–H groups in total. The Morgan fingerprint density at radius 1 is 0.412 bits per heavy atom. The number of hydrogen-bond acceptors (Lipinski definition) is 3. The van der Waals surface area contributed by atoms with Crippen molar-refractivity contribution in [3.63, 3.8) is 0 Å². The van der Waals surface area contributed by atoms with Crippen molar-refractivity contribution >= 4 is 29.6 Å². The smallest absolute Gasteiger partial charge is 0.423 e. The van der Waals surface area contributed by atoms with Gasteiger partial charge >= 0.3 is 7.12 Å². The van der Waals surface area contributed by atoms with Gasteiger partial charge in [0.05, 0.1) is 11.4 Å². The van der Waals surface area contributed by atoms with Crippen LogP contribution in [0.4, 0.5) is 17.1 Å². The van der Waals surface area contributed by atoms with Crippen LogP contribution in [-0.4, -0.2) is 17.2 Å². The summed E-state index contributed by atoms with van der Waals surface area (Å²) in [6, 6.07) is 44.3. The first-order valence-corrected chi connectivity index (χ1v) is 11.3. The van der Waals surface area contributed by atoms with Gasteiger partial charge in [-0.05, 0) is 29.3 Å². The van der Waals surface area contributed by atoms with Gasteiger partial charge in [0, 0.05) is 22.3 Å². The maximum atomic E-state index is 10.2. The van der Waals surface area contributed by atoms with E-state index in [1.165, 1.54) is 0 Å². The van der Waals surface area contributed by atoms with Crippen molar-refractivity contribution in [2.45, 2.75) is 0 Å². The van der Waals surface area contributed by atoms with Crippen molar-refractivity contribution in [1.29, 1.82) is 0 Å². The molecule has 0 aliphatic carbocycles. The monoisotopic (exact) mass is 441 g/mol. The zero-order chi connectivity index (χ0) is 23.3. The van der Waals surface area contributed by atoms with Crippen molar-refractivity contribution in [3.05, 3.63) is 133 Å². The van der Waals surface area contributed by atoms with Gasteiger partial charge in [-0.1, -0.05) is 115 Å². The van der Waals surface area contributed by atoms with E-state index in [0.717, 1.165) is 33.6 Å². The number of nitrogens with zero attached hydrogens (tertiary/aromatic N) is 1. The highest BCUT2D eigenvalue weighted by Crippen LogP contribution is 2.43. The summed E-state index contributed by atoms with van der Waals surface area (Å²) in [5, 5.41) is 20.5. The number of hydrogen-bond donors (Lipinski definition) is 2. The van der Waals surface area contributed by atoms with Crippen molar-refractivity contribution in [1.82, 2.24) is 0 Å². The zero-order valence-corrected chi connectivity index (χ0v) is 18.6. The minimum Gasteiger partial charge on any atom is -0.423 e. The van der Waals surface area contributed by atoms with E-state index >= 15 is 0 Å². The third-order valence-electron chi connectivity index (χ3n) is 5.92. The molecule has 164 valence electrons. The molecule has 3 nitrogen and oxygen atoms in total. The van der Waals surface area contributed by atoms with Crippen LogP contribution in [0.5, 0.6) is 0 Å². The Bertz CT molecular complexity index is 1300. The van der Waals surface area contributed by atoms with Crippen LogP contribution in [0.1, 0.15) is 0 Å². The molecular weight excluding hydrogens is 417 g/mol. The Kier molecular flexibility index (Phi) is 6.26. The summed E-state index contributed by atoms with van der Waals surface area (Å²) in [5.41, 5.74) is 7.32. The predicted octanol–water partition coefficient (Wildman–Crippen LogP) is 6.17. The van der Waals surface area contributed by atoms with Gasteiger partial charge in [-0.15, -0.1) is 0 Å². The molecule has 0 unspecified atom stereocenters. The molecular formula is C30H24BNO2. The van der Waals surface area contributed by atoms with Gasteiger partial charge < -0.3 is 14.9 Å². The summed E-state index contributed by atoms with van der Waals surface area (Å²) in [5.74, 6) is 0. The number of para-hydroxylation sites is 3. The molecule has 0 fully saturated rings. The molecule has 0 aromatic heterocycles. The summed E-state index contributed by atoms with van der Waals surface area (Å²) < 4.78 is 0. The summed E-state index contributed by atoms with van der Waals surface area (Å²) in [6.45, 7) is 0. The van der Waals surface area contributed by atoms with Gasteiger partial charge in [-0.3, -0.25) is 0 Å². The molecule has 0 aliphatic rings. The van der Waals surface area contributed by atoms with E-state index in [0.29, 0.717) is 11.2 Å². The van der Waals surface area contributed by atoms with Gasteiger partial charge in [0.15, 0.2) is 0 Å². The van der Waals surface area contributed by atoms with Gasteiger partial charge in [-0.25, -0.2) is 0 Å². The van der Waals surface area contributed by atoms with E-state index in [4.69, 9.17) is 0 Å². The average molecular weight is 441 g/mol. The van der Waals surface area contributed by atoms with E-state index in [-0.39, 0.29) is 0 Å². The highest BCUT2D eigenvalue weighted by atomic mass is 16.4. The maximum Gasteiger partial charge on any atom is 0.490 e. The zero-order valence-electron chi connectivity index (χ0n) is 18.6. The van der Waals surface area contributed by atoms with Crippen molar-refractivity contribution < 1.29 is 10.0 Å². The average Bonchev–Trinajstić information content (AvgIpc) is 2.91. The topological polar surface area (TPSA) is 43.7 Å². The second-order valence-electron chi connectivity index (χ2n) is 8.03. The lowest BCUT2D eigenvalue weighted by Crippen LogP contribution is -2.34. The number of anilines is 3. The Hall–Kier alpha value is -4.12. The van der Waals surface area contributed by atoms with Crippen LogP contribution in [0.25, 0.3) is 22.3 Å². The van der Waals surface area contributed by atoms with Crippen LogP contribution in [0.3, 0.4) is 0 Å². The van der Waals surface area contributed by atoms with Crippen LogP contribution >= 0.6 is 0 Å². The normalized spacial score (nSPS) is 10.6. The number of rotatable bonds is 6. The molecule has 5 aromatic rings. The Balaban J connectivity index is 1.82. The fraction of sp³-hybridized carbons (Fsp3) is 0. The maximum absolute atomic E-state index is 10.2. The summed E-state index contributed by atoms with van der Waals surface area (Å²) in [7, 11) is -1.61. The molecule has 5 rings (SSSR count). The standard InChI is InChI=1S/C30H24BNO2/c33-31(34)27-19-9-12-22-30(27)32(28-20-10-7-17-25(28)23-13-3-1-4-14-23)29-21-11-8-18-26(29)24-15-5-2-6-16-24/h1-22,33-34H. The molecule has 0 radical (unpaired) electrons. The SMILES string of the molecule is OB(O)c1ccccc1N(c1ccccc1-c1ccccc1)c1ccccc1-c1ccccc1. The second kappa shape index (κ2) is 9.80. The lowest BCUT2D eigenvalue weighted by molar-refractivity contribution is 0.426. The van der Waals surface area contributed by atoms with Gasteiger partial charge in [0.1, 0.15) is 0 Å². The number of benzene rings is 5. The predicted molar refractivity (Wildman–Crippen MR) is 142 cm³/mol. The van der Waals surface area contributed by atoms with E-state index in [2.05, 4.69) is 53.4 Å². The Morgan fingerprint density at radius 2 is 0.794 bits per heavy atom. The van der Waals surface area contributed by atoms with Crippen LogP contribution < -0.4 is 10.4 Å². The van der Waals surface area contributed by atoms with Crippen molar-refractivity contribution in [2.75, 3.05) is 4.90 Å². The molecule has 5 aromatic carbocycles. The first-order chi connectivity index (χ1) is 16.7. The first kappa shape index (κ1) is 21.7. The van der Waals surface area contributed by atoms with E-state index in [1.54, 1.807) is 6.07 Å². The molecule has 4 heteroatoms. The van der Waals surface area contributed by atoms with Gasteiger partial charge in [-0.2, -0.15) is 0 Å². The lowest BCUT2D eigenvalue weighted by Gasteiger charge is -2.31. The molecule has 0 heterocycles. The second-order valence-corrected chi connectivity index (χ2v) is 8.03. The van der Waals surface area contributed by atoms with Crippen LogP contribution in [-0.2, 0) is 0 Å². The van der Waals surface area contributed by atoms with Crippen LogP contribution in [0.15, 0.2) is 133 Å². The highest BCUT2D eigenvalue weighted by Gasteiger charge is 2.25. The van der Waals surface area contributed by atoms with Crippen LogP contribution in [0.2, 0.25) is 0 Å². The van der Waals surface area contributed by atoms with Crippen LogP contribution in [0, 0.1) is 0 Å². The Labute approximate surface area is 200 Å². The van der Waals surface area contributed by atoms with E-state index in [9.17, 15) is 10.0 Å². The van der Waals surface area contributed by atoms with E-state index < -0.39 is 7.12 Å². The fourth-order valence-corrected chi connectivity index (χ4v) is 4.36. The molecule has 0 atom stereocenters. The summed E-state index contributed by atoms with van der Waals surface area (Å²) >= 11 is 0. The lowest BCUT2D eigenvalue weighted by atomic mass is 9.78. The summed E-state index contributed by atoms with van der Waals surface area (Å²) in [4.78, 5) is 2.12. The highest BCUT2D eigenvalue weighted by molar-refractivity contribution is 6.60. The van der Waals surface area contributed by atoms with Crippen molar-refractivity contribution in [2.24, 2.45) is 0 Å². The van der Waals surface area contributed by atoms with E-state index in [1.807, 2.05) is 78.9 Å². The minimum absolute atomic E-state index is 0.438. The molecule has 0 amide bonds. The fourth-order valence-electron chi connectivity index (χ4n) is 4.36. The molecule has 0 saturated carbocycles. The third-order valence-corrected chi connectivity index (χ3v) is 5.92. The molecule has 0 aliphatic heterocycles.